The first-order valence-corrected chi connectivity index (χ1v) is 6.94. The normalized spacial score (nSPS) is 11.8. The van der Waals surface area contributed by atoms with Crippen LogP contribution in [0.1, 0.15) is 42.6 Å². The Kier molecular flexibility index (Phi) is 6.22. The van der Waals surface area contributed by atoms with E-state index in [0.717, 1.165) is 12.0 Å². The summed E-state index contributed by atoms with van der Waals surface area (Å²) in [6.45, 7) is 6.36. The van der Waals surface area contributed by atoms with Crippen LogP contribution in [0.4, 0.5) is 0 Å². The summed E-state index contributed by atoms with van der Waals surface area (Å²) in [5, 5.41) is 0. The molecule has 1 atom stereocenters. The van der Waals surface area contributed by atoms with E-state index in [2.05, 4.69) is 4.74 Å². The topological polar surface area (TPSA) is 46.6 Å². The lowest BCUT2D eigenvalue weighted by molar-refractivity contribution is -0.140. The minimum atomic E-state index is -0.296. The van der Waals surface area contributed by atoms with Crippen molar-refractivity contribution in [3.8, 4) is 0 Å². The van der Waals surface area contributed by atoms with Gasteiger partial charge in [0.15, 0.2) is 0 Å². The van der Waals surface area contributed by atoms with E-state index in [1.54, 1.807) is 4.90 Å². The Morgan fingerprint density at radius 1 is 1.35 bits per heavy atom. The van der Waals surface area contributed by atoms with Crippen LogP contribution in [0.5, 0.6) is 0 Å². The molecule has 0 aliphatic rings. The molecule has 20 heavy (non-hydrogen) atoms. The van der Waals surface area contributed by atoms with E-state index in [4.69, 9.17) is 0 Å². The van der Waals surface area contributed by atoms with Crippen LogP contribution in [0.25, 0.3) is 0 Å². The van der Waals surface area contributed by atoms with Crippen LogP contribution in [0.3, 0.4) is 0 Å². The van der Waals surface area contributed by atoms with E-state index in [1.165, 1.54) is 7.11 Å². The Morgan fingerprint density at radius 3 is 2.60 bits per heavy atom. The number of carbonyl (C=O) groups excluding carboxylic acids is 2. The highest BCUT2D eigenvalue weighted by Gasteiger charge is 2.21. The van der Waals surface area contributed by atoms with Crippen molar-refractivity contribution in [3.05, 3.63) is 35.4 Å². The Bertz CT molecular complexity index is 471. The zero-order chi connectivity index (χ0) is 15.1. The maximum absolute atomic E-state index is 12.6. The highest BCUT2D eigenvalue weighted by molar-refractivity contribution is 5.94. The fourth-order valence-electron chi connectivity index (χ4n) is 2.00. The molecule has 1 aromatic carbocycles. The van der Waals surface area contributed by atoms with E-state index in [9.17, 15) is 9.59 Å². The molecular weight excluding hydrogens is 254 g/mol. The number of benzene rings is 1. The molecule has 1 amide bonds. The Morgan fingerprint density at radius 2 is 2.05 bits per heavy atom. The van der Waals surface area contributed by atoms with Crippen molar-refractivity contribution < 1.29 is 14.3 Å². The average Bonchev–Trinajstić information content (AvgIpc) is 2.46. The van der Waals surface area contributed by atoms with Gasteiger partial charge in [-0.3, -0.25) is 9.59 Å². The smallest absolute Gasteiger partial charge is 0.307 e. The predicted molar refractivity (Wildman–Crippen MR) is 78.6 cm³/mol. The molecular formula is C16H23NO3. The van der Waals surface area contributed by atoms with Gasteiger partial charge in [0.1, 0.15) is 0 Å². The number of hydrogen-bond acceptors (Lipinski definition) is 3. The third kappa shape index (κ3) is 4.37. The van der Waals surface area contributed by atoms with Crippen molar-refractivity contribution in [1.29, 1.82) is 0 Å². The number of methoxy groups -OCH3 is 1. The Balaban J connectivity index is 2.87. The van der Waals surface area contributed by atoms with Gasteiger partial charge >= 0.3 is 5.97 Å². The number of hydrogen-bond donors (Lipinski definition) is 0. The standard InChI is InChI=1S/C16H23NO3/c1-5-13(3)17(10-9-15(18)20-4)16(19)14-8-6-7-12(2)11-14/h6-8,11,13H,5,9-10H2,1-4H3. The third-order valence-electron chi connectivity index (χ3n) is 3.43. The average molecular weight is 277 g/mol. The zero-order valence-electron chi connectivity index (χ0n) is 12.7. The van der Waals surface area contributed by atoms with E-state index in [0.29, 0.717) is 12.1 Å². The Labute approximate surface area is 120 Å². The Hall–Kier alpha value is -1.84. The van der Waals surface area contributed by atoms with Gasteiger partial charge in [0.05, 0.1) is 13.5 Å². The van der Waals surface area contributed by atoms with Crippen LogP contribution >= 0.6 is 0 Å². The summed E-state index contributed by atoms with van der Waals surface area (Å²) in [4.78, 5) is 25.6. The van der Waals surface area contributed by atoms with Gasteiger partial charge in [-0.15, -0.1) is 0 Å². The fraction of sp³-hybridized carbons (Fsp3) is 0.500. The second kappa shape index (κ2) is 7.68. The third-order valence-corrected chi connectivity index (χ3v) is 3.43. The van der Waals surface area contributed by atoms with Crippen LogP contribution in [0.2, 0.25) is 0 Å². The van der Waals surface area contributed by atoms with Gasteiger partial charge < -0.3 is 9.64 Å². The second-order valence-electron chi connectivity index (χ2n) is 4.95. The van der Waals surface area contributed by atoms with Gasteiger partial charge in [0.2, 0.25) is 0 Å². The molecule has 0 fully saturated rings. The minimum absolute atomic E-state index is 0.0352. The monoisotopic (exact) mass is 277 g/mol. The number of aryl methyl sites for hydroxylation is 1. The van der Waals surface area contributed by atoms with Crippen molar-refractivity contribution in [2.24, 2.45) is 0 Å². The van der Waals surface area contributed by atoms with Crippen LogP contribution < -0.4 is 0 Å². The molecule has 0 aromatic heterocycles. The lowest BCUT2D eigenvalue weighted by Crippen LogP contribution is -2.39. The van der Waals surface area contributed by atoms with Crippen LogP contribution in [0, 0.1) is 6.92 Å². The first-order chi connectivity index (χ1) is 9.49. The van der Waals surface area contributed by atoms with Crippen molar-refractivity contribution >= 4 is 11.9 Å². The van der Waals surface area contributed by atoms with Crippen LogP contribution in [-0.4, -0.2) is 36.5 Å². The summed E-state index contributed by atoms with van der Waals surface area (Å²) in [5.41, 5.74) is 1.71. The van der Waals surface area contributed by atoms with E-state index in [1.807, 2.05) is 45.0 Å². The molecule has 0 spiro atoms. The summed E-state index contributed by atoms with van der Waals surface area (Å²) in [6, 6.07) is 7.60. The fourth-order valence-corrected chi connectivity index (χ4v) is 2.00. The minimum Gasteiger partial charge on any atom is -0.469 e. The lowest BCUT2D eigenvalue weighted by atomic mass is 10.1. The maximum Gasteiger partial charge on any atom is 0.307 e. The molecule has 110 valence electrons. The molecule has 1 unspecified atom stereocenters. The summed E-state index contributed by atoms with van der Waals surface area (Å²) < 4.78 is 4.64. The van der Waals surface area contributed by atoms with Crippen LogP contribution in [0.15, 0.2) is 24.3 Å². The molecule has 4 heteroatoms. The highest BCUT2D eigenvalue weighted by Crippen LogP contribution is 2.13. The molecule has 0 N–H and O–H groups in total. The number of amides is 1. The summed E-state index contributed by atoms with van der Waals surface area (Å²) in [5.74, 6) is -0.331. The summed E-state index contributed by atoms with van der Waals surface area (Å²) >= 11 is 0. The molecule has 0 radical (unpaired) electrons. The van der Waals surface area contributed by atoms with Gasteiger partial charge in [-0.05, 0) is 32.4 Å². The van der Waals surface area contributed by atoms with E-state index in [-0.39, 0.29) is 24.3 Å². The van der Waals surface area contributed by atoms with Gasteiger partial charge in [0, 0.05) is 18.2 Å². The lowest BCUT2D eigenvalue weighted by Gasteiger charge is -2.28. The number of nitrogens with zero attached hydrogens (tertiary/aromatic N) is 1. The van der Waals surface area contributed by atoms with Crippen molar-refractivity contribution in [2.75, 3.05) is 13.7 Å². The highest BCUT2D eigenvalue weighted by atomic mass is 16.5. The molecule has 0 bridgehead atoms. The molecule has 0 saturated carbocycles. The predicted octanol–water partition coefficient (Wildman–Crippen LogP) is 2.80. The van der Waals surface area contributed by atoms with Gasteiger partial charge in [-0.25, -0.2) is 0 Å². The molecule has 0 aliphatic heterocycles. The SMILES string of the molecule is CCC(C)N(CCC(=O)OC)C(=O)c1cccc(C)c1. The number of rotatable bonds is 6. The first-order valence-electron chi connectivity index (χ1n) is 6.94. The number of carbonyl (C=O) groups is 2. The quantitative estimate of drug-likeness (QED) is 0.751. The summed E-state index contributed by atoms with van der Waals surface area (Å²) in [6.07, 6.45) is 1.07. The van der Waals surface area contributed by atoms with E-state index < -0.39 is 0 Å². The molecule has 4 nitrogen and oxygen atoms in total. The van der Waals surface area contributed by atoms with Crippen molar-refractivity contribution in [1.82, 2.24) is 4.90 Å². The molecule has 0 aliphatic carbocycles. The maximum atomic E-state index is 12.6. The van der Waals surface area contributed by atoms with Gasteiger partial charge in [0.25, 0.3) is 5.91 Å². The number of ether oxygens (including phenoxy) is 1. The van der Waals surface area contributed by atoms with Gasteiger partial charge in [-0.2, -0.15) is 0 Å². The van der Waals surface area contributed by atoms with Crippen molar-refractivity contribution in [3.63, 3.8) is 0 Å². The molecule has 0 heterocycles. The largest absolute Gasteiger partial charge is 0.469 e. The van der Waals surface area contributed by atoms with Gasteiger partial charge in [-0.1, -0.05) is 24.6 Å². The molecule has 1 rings (SSSR count). The second-order valence-corrected chi connectivity index (χ2v) is 4.95. The number of esters is 1. The first kappa shape index (κ1) is 16.2. The molecule has 0 saturated heterocycles. The van der Waals surface area contributed by atoms with Crippen LogP contribution in [-0.2, 0) is 9.53 Å². The van der Waals surface area contributed by atoms with E-state index >= 15 is 0 Å². The molecule has 1 aromatic rings. The zero-order valence-corrected chi connectivity index (χ0v) is 12.7. The summed E-state index contributed by atoms with van der Waals surface area (Å²) in [7, 11) is 1.36. The van der Waals surface area contributed by atoms with Crippen molar-refractivity contribution in [2.45, 2.75) is 39.7 Å².